The normalized spacial score (nSPS) is 48.2. The summed E-state index contributed by atoms with van der Waals surface area (Å²) >= 11 is 0. The molecule has 0 spiro atoms. The van der Waals surface area contributed by atoms with Crippen molar-refractivity contribution in [2.24, 2.45) is 11.3 Å². The van der Waals surface area contributed by atoms with Crippen LogP contribution in [0, 0.1) is 11.3 Å². The largest absolute Gasteiger partial charge is 0.390 e. The highest BCUT2D eigenvalue weighted by Gasteiger charge is 2.47. The molecule has 0 aliphatic heterocycles. The van der Waals surface area contributed by atoms with Gasteiger partial charge < -0.3 is 14.9 Å². The Bertz CT molecular complexity index is 160. The average Bonchev–Trinajstić information content (AvgIpc) is 2.17. The number of aliphatic hydroxyl groups excluding tert-OH is 2. The molecule has 0 heterocycles. The van der Waals surface area contributed by atoms with Crippen LogP contribution in [0.25, 0.3) is 0 Å². The summed E-state index contributed by atoms with van der Waals surface area (Å²) in [5.74, 6) is 0.167. The highest BCUT2D eigenvalue weighted by atomic mass is 16.5. The molecule has 1 saturated carbocycles. The summed E-state index contributed by atoms with van der Waals surface area (Å²) in [4.78, 5) is 0. The summed E-state index contributed by atoms with van der Waals surface area (Å²) in [7, 11) is 1.62. The molecular weight excluding hydrogens is 156 g/mol. The van der Waals surface area contributed by atoms with Crippen molar-refractivity contribution in [3.63, 3.8) is 0 Å². The maximum atomic E-state index is 9.69. The fraction of sp³-hybridized carbons (Fsp3) is 1.00. The van der Waals surface area contributed by atoms with E-state index in [0.29, 0.717) is 6.61 Å². The first-order valence-electron chi connectivity index (χ1n) is 4.36. The summed E-state index contributed by atoms with van der Waals surface area (Å²) in [6, 6.07) is 0. The van der Waals surface area contributed by atoms with Crippen LogP contribution in [-0.2, 0) is 4.74 Å². The van der Waals surface area contributed by atoms with Crippen molar-refractivity contribution in [1.82, 2.24) is 0 Å². The van der Waals surface area contributed by atoms with Crippen molar-refractivity contribution in [2.45, 2.75) is 32.5 Å². The third-order valence-corrected chi connectivity index (χ3v) is 2.88. The van der Waals surface area contributed by atoms with Gasteiger partial charge in [0.2, 0.25) is 0 Å². The molecule has 3 heteroatoms. The van der Waals surface area contributed by atoms with Crippen molar-refractivity contribution in [3.05, 3.63) is 0 Å². The Kier molecular flexibility index (Phi) is 2.76. The van der Waals surface area contributed by atoms with Gasteiger partial charge in [0.15, 0.2) is 0 Å². The molecule has 1 rings (SSSR count). The molecule has 2 N–H and O–H groups in total. The van der Waals surface area contributed by atoms with Crippen molar-refractivity contribution < 1.29 is 14.9 Å². The van der Waals surface area contributed by atoms with Crippen LogP contribution < -0.4 is 0 Å². The zero-order chi connectivity index (χ0) is 9.35. The molecule has 0 amide bonds. The molecule has 1 fully saturated rings. The van der Waals surface area contributed by atoms with Crippen LogP contribution in [0.2, 0.25) is 0 Å². The second-order valence-electron chi connectivity index (χ2n) is 4.20. The van der Waals surface area contributed by atoms with E-state index < -0.39 is 12.2 Å². The Morgan fingerprint density at radius 1 is 1.50 bits per heavy atom. The molecule has 4 atom stereocenters. The third kappa shape index (κ3) is 1.49. The summed E-state index contributed by atoms with van der Waals surface area (Å²) < 4.78 is 5.02. The summed E-state index contributed by atoms with van der Waals surface area (Å²) in [6.45, 7) is 4.41. The number of methoxy groups -OCH3 is 1. The zero-order valence-corrected chi connectivity index (χ0v) is 7.95. The maximum Gasteiger partial charge on any atom is 0.0877 e. The summed E-state index contributed by atoms with van der Waals surface area (Å²) in [6.07, 6.45) is -0.416. The lowest BCUT2D eigenvalue weighted by Crippen LogP contribution is -2.37. The highest BCUT2D eigenvalue weighted by Crippen LogP contribution is 2.41. The molecular formula is C9H18O3. The second kappa shape index (κ2) is 3.32. The standard InChI is InChI=1S/C9H18O3/c1-6-4-9(2,5-12-3)8(11)7(6)10/h6-8,10-11H,4-5H2,1-3H3/t6-,7+,8+,9-/m1/s1. The van der Waals surface area contributed by atoms with Gasteiger partial charge in [0.1, 0.15) is 0 Å². The van der Waals surface area contributed by atoms with Gasteiger partial charge in [-0.05, 0) is 12.3 Å². The Morgan fingerprint density at radius 2 is 2.08 bits per heavy atom. The number of hydrogen-bond donors (Lipinski definition) is 2. The van der Waals surface area contributed by atoms with Gasteiger partial charge in [-0.2, -0.15) is 0 Å². The minimum Gasteiger partial charge on any atom is -0.390 e. The zero-order valence-electron chi connectivity index (χ0n) is 7.95. The van der Waals surface area contributed by atoms with Crippen LogP contribution >= 0.6 is 0 Å². The molecule has 0 aromatic rings. The third-order valence-electron chi connectivity index (χ3n) is 2.88. The first-order chi connectivity index (χ1) is 5.51. The van der Waals surface area contributed by atoms with Crippen molar-refractivity contribution in [3.8, 4) is 0 Å². The van der Waals surface area contributed by atoms with E-state index in [1.165, 1.54) is 0 Å². The molecule has 0 aromatic carbocycles. The predicted octanol–water partition coefficient (Wildman–Crippen LogP) is 0.401. The van der Waals surface area contributed by atoms with E-state index in [1.807, 2.05) is 13.8 Å². The molecule has 0 bridgehead atoms. The van der Waals surface area contributed by atoms with Gasteiger partial charge in [-0.15, -0.1) is 0 Å². The SMILES string of the molecule is COC[C@@]1(C)C[C@@H](C)[C@H](O)[C@@H]1O. The van der Waals surface area contributed by atoms with Crippen LogP contribution in [0.1, 0.15) is 20.3 Å². The molecule has 1 aliphatic rings. The Morgan fingerprint density at radius 3 is 2.42 bits per heavy atom. The first kappa shape index (κ1) is 9.96. The van der Waals surface area contributed by atoms with Gasteiger partial charge in [-0.25, -0.2) is 0 Å². The summed E-state index contributed by atoms with van der Waals surface area (Å²) in [5, 5.41) is 19.2. The molecule has 72 valence electrons. The van der Waals surface area contributed by atoms with E-state index in [4.69, 9.17) is 4.74 Å². The fourth-order valence-corrected chi connectivity index (χ4v) is 2.17. The predicted molar refractivity (Wildman–Crippen MR) is 45.8 cm³/mol. The van der Waals surface area contributed by atoms with Crippen molar-refractivity contribution in [1.29, 1.82) is 0 Å². The van der Waals surface area contributed by atoms with Crippen molar-refractivity contribution in [2.75, 3.05) is 13.7 Å². The van der Waals surface area contributed by atoms with Gasteiger partial charge in [0.05, 0.1) is 18.8 Å². The van der Waals surface area contributed by atoms with E-state index in [9.17, 15) is 10.2 Å². The minimum atomic E-state index is -0.646. The molecule has 12 heavy (non-hydrogen) atoms. The topological polar surface area (TPSA) is 49.7 Å². The van der Waals surface area contributed by atoms with E-state index in [-0.39, 0.29) is 11.3 Å². The Hall–Kier alpha value is -0.120. The molecule has 0 unspecified atom stereocenters. The van der Waals surface area contributed by atoms with Gasteiger partial charge in [-0.3, -0.25) is 0 Å². The van der Waals surface area contributed by atoms with Crippen LogP contribution in [0.5, 0.6) is 0 Å². The van der Waals surface area contributed by atoms with Gasteiger partial charge in [0.25, 0.3) is 0 Å². The van der Waals surface area contributed by atoms with E-state index in [2.05, 4.69) is 0 Å². The Labute approximate surface area is 73.4 Å². The lowest BCUT2D eigenvalue weighted by Gasteiger charge is -2.27. The van der Waals surface area contributed by atoms with E-state index in [1.54, 1.807) is 7.11 Å². The van der Waals surface area contributed by atoms with E-state index in [0.717, 1.165) is 6.42 Å². The molecule has 3 nitrogen and oxygen atoms in total. The fourth-order valence-electron chi connectivity index (χ4n) is 2.17. The molecule has 1 aliphatic carbocycles. The number of ether oxygens (including phenoxy) is 1. The molecule has 0 saturated heterocycles. The van der Waals surface area contributed by atoms with Gasteiger partial charge >= 0.3 is 0 Å². The highest BCUT2D eigenvalue weighted by molar-refractivity contribution is 4.97. The lowest BCUT2D eigenvalue weighted by atomic mass is 9.87. The van der Waals surface area contributed by atoms with Crippen LogP contribution in [-0.4, -0.2) is 36.1 Å². The monoisotopic (exact) mass is 174 g/mol. The number of hydrogen-bond acceptors (Lipinski definition) is 3. The summed E-state index contributed by atoms with van der Waals surface area (Å²) in [5.41, 5.74) is -0.270. The maximum absolute atomic E-state index is 9.69. The Balaban J connectivity index is 2.67. The minimum absolute atomic E-state index is 0.167. The van der Waals surface area contributed by atoms with Gasteiger partial charge in [0, 0.05) is 12.5 Å². The van der Waals surface area contributed by atoms with Gasteiger partial charge in [-0.1, -0.05) is 13.8 Å². The van der Waals surface area contributed by atoms with Crippen molar-refractivity contribution >= 4 is 0 Å². The van der Waals surface area contributed by atoms with Crippen LogP contribution in [0.3, 0.4) is 0 Å². The molecule has 0 radical (unpaired) electrons. The molecule has 0 aromatic heterocycles. The quantitative estimate of drug-likeness (QED) is 0.637. The van der Waals surface area contributed by atoms with Crippen LogP contribution in [0.15, 0.2) is 0 Å². The first-order valence-corrected chi connectivity index (χ1v) is 4.36. The van der Waals surface area contributed by atoms with E-state index >= 15 is 0 Å². The van der Waals surface area contributed by atoms with Crippen LogP contribution in [0.4, 0.5) is 0 Å². The number of aliphatic hydroxyl groups is 2. The smallest absolute Gasteiger partial charge is 0.0877 e. The lowest BCUT2D eigenvalue weighted by molar-refractivity contribution is -0.0480. The number of rotatable bonds is 2. The average molecular weight is 174 g/mol. The second-order valence-corrected chi connectivity index (χ2v) is 4.20.